The fourth-order valence-corrected chi connectivity index (χ4v) is 2.13. The molecule has 3 rings (SSSR count). The van der Waals surface area contributed by atoms with Gasteiger partial charge in [-0.3, -0.25) is 0 Å². The standard InChI is InChI=1S/C12H11NO/c13-9-5-3-7-11-12(9)8-4-1-2-6-10(8)14-11/h1-8,10H,13H2. The molecule has 0 saturated heterocycles. The summed E-state index contributed by atoms with van der Waals surface area (Å²) < 4.78 is 5.77. The first-order valence-electron chi connectivity index (χ1n) is 4.76. The van der Waals surface area contributed by atoms with Crippen molar-refractivity contribution >= 4 is 5.69 Å². The zero-order chi connectivity index (χ0) is 9.54. The maximum atomic E-state index is 5.94. The van der Waals surface area contributed by atoms with E-state index in [1.54, 1.807) is 0 Å². The summed E-state index contributed by atoms with van der Waals surface area (Å²) in [4.78, 5) is 0. The lowest BCUT2D eigenvalue weighted by Crippen LogP contribution is -2.16. The summed E-state index contributed by atoms with van der Waals surface area (Å²) in [6, 6.07) is 5.83. The van der Waals surface area contributed by atoms with E-state index in [4.69, 9.17) is 10.5 Å². The molecule has 1 aliphatic heterocycles. The van der Waals surface area contributed by atoms with Crippen LogP contribution in [-0.2, 0) is 0 Å². The highest BCUT2D eigenvalue weighted by Gasteiger charge is 2.33. The Bertz CT molecular complexity index is 434. The Morgan fingerprint density at radius 3 is 2.93 bits per heavy atom. The monoisotopic (exact) mass is 185 g/mol. The van der Waals surface area contributed by atoms with Gasteiger partial charge in [0.2, 0.25) is 0 Å². The van der Waals surface area contributed by atoms with Crippen LogP contribution in [0.15, 0.2) is 42.5 Å². The van der Waals surface area contributed by atoms with E-state index >= 15 is 0 Å². The zero-order valence-corrected chi connectivity index (χ0v) is 7.68. The molecule has 1 aliphatic carbocycles. The van der Waals surface area contributed by atoms with Crippen molar-refractivity contribution in [2.24, 2.45) is 0 Å². The Labute approximate surface area is 82.7 Å². The topological polar surface area (TPSA) is 35.2 Å². The van der Waals surface area contributed by atoms with Gasteiger partial charge in [-0.25, -0.2) is 0 Å². The van der Waals surface area contributed by atoms with Gasteiger partial charge in [0.1, 0.15) is 11.9 Å². The van der Waals surface area contributed by atoms with Gasteiger partial charge >= 0.3 is 0 Å². The molecule has 0 fully saturated rings. The van der Waals surface area contributed by atoms with Crippen LogP contribution in [0.2, 0.25) is 0 Å². The quantitative estimate of drug-likeness (QED) is 0.629. The van der Waals surface area contributed by atoms with Gasteiger partial charge in [-0.1, -0.05) is 24.3 Å². The molecule has 2 aliphatic rings. The van der Waals surface area contributed by atoms with E-state index < -0.39 is 0 Å². The SMILES string of the molecule is Nc1cccc2c1C1C=CC=CC1O2. The van der Waals surface area contributed by atoms with Gasteiger partial charge in [0.05, 0.1) is 0 Å². The van der Waals surface area contributed by atoms with Gasteiger partial charge in [-0.05, 0) is 18.2 Å². The zero-order valence-electron chi connectivity index (χ0n) is 7.68. The summed E-state index contributed by atoms with van der Waals surface area (Å²) in [5.74, 6) is 1.23. The molecule has 0 bridgehead atoms. The van der Waals surface area contributed by atoms with Gasteiger partial charge < -0.3 is 10.5 Å². The molecule has 2 unspecified atom stereocenters. The van der Waals surface area contributed by atoms with Crippen LogP contribution in [0.5, 0.6) is 5.75 Å². The van der Waals surface area contributed by atoms with Gasteiger partial charge in [-0.15, -0.1) is 0 Å². The number of rotatable bonds is 0. The third-order valence-corrected chi connectivity index (χ3v) is 2.78. The smallest absolute Gasteiger partial charge is 0.128 e. The number of nitrogens with two attached hydrogens (primary N) is 1. The van der Waals surface area contributed by atoms with Crippen LogP contribution in [0.25, 0.3) is 0 Å². The molecule has 2 nitrogen and oxygen atoms in total. The molecule has 1 aromatic carbocycles. The predicted molar refractivity (Wildman–Crippen MR) is 56.3 cm³/mol. The van der Waals surface area contributed by atoms with Gasteiger partial charge in [0.25, 0.3) is 0 Å². The Morgan fingerprint density at radius 1 is 1.14 bits per heavy atom. The first-order chi connectivity index (χ1) is 6.86. The van der Waals surface area contributed by atoms with Crippen LogP contribution < -0.4 is 10.5 Å². The summed E-state index contributed by atoms with van der Waals surface area (Å²) in [6.07, 6.45) is 8.42. The van der Waals surface area contributed by atoms with E-state index in [1.807, 2.05) is 30.4 Å². The first kappa shape index (κ1) is 7.68. The minimum absolute atomic E-state index is 0.139. The van der Waals surface area contributed by atoms with Crippen molar-refractivity contribution in [1.29, 1.82) is 0 Å². The Hall–Kier alpha value is -1.70. The van der Waals surface area contributed by atoms with E-state index in [-0.39, 0.29) is 6.10 Å². The highest BCUT2D eigenvalue weighted by Crippen LogP contribution is 2.43. The molecule has 0 saturated carbocycles. The van der Waals surface area contributed by atoms with Gasteiger partial charge in [0.15, 0.2) is 0 Å². The third-order valence-electron chi connectivity index (χ3n) is 2.78. The van der Waals surface area contributed by atoms with Crippen LogP contribution in [0, 0.1) is 0 Å². The van der Waals surface area contributed by atoms with Gasteiger partial charge in [-0.2, -0.15) is 0 Å². The molecule has 14 heavy (non-hydrogen) atoms. The number of hydrogen-bond acceptors (Lipinski definition) is 2. The van der Waals surface area contributed by atoms with Crippen LogP contribution in [0.3, 0.4) is 0 Å². The van der Waals surface area contributed by atoms with Crippen molar-refractivity contribution in [1.82, 2.24) is 0 Å². The van der Waals surface area contributed by atoms with Crippen molar-refractivity contribution < 1.29 is 4.74 Å². The molecule has 0 spiro atoms. The van der Waals surface area contributed by atoms with Crippen molar-refractivity contribution in [3.8, 4) is 5.75 Å². The van der Waals surface area contributed by atoms with E-state index in [2.05, 4.69) is 12.2 Å². The Balaban J connectivity index is 2.17. The van der Waals surface area contributed by atoms with Crippen LogP contribution in [0.1, 0.15) is 11.5 Å². The minimum Gasteiger partial charge on any atom is -0.485 e. The molecule has 2 N–H and O–H groups in total. The van der Waals surface area contributed by atoms with Crippen LogP contribution in [0.4, 0.5) is 5.69 Å². The lowest BCUT2D eigenvalue weighted by molar-refractivity contribution is 0.269. The Kier molecular flexibility index (Phi) is 1.45. The molecule has 0 aromatic heterocycles. The molecule has 0 radical (unpaired) electrons. The number of anilines is 1. The highest BCUT2D eigenvalue weighted by molar-refractivity contribution is 5.61. The fourth-order valence-electron chi connectivity index (χ4n) is 2.13. The minimum atomic E-state index is 0.139. The highest BCUT2D eigenvalue weighted by atomic mass is 16.5. The molecule has 2 heteroatoms. The van der Waals surface area contributed by atoms with Crippen molar-refractivity contribution in [2.45, 2.75) is 12.0 Å². The van der Waals surface area contributed by atoms with E-state index in [1.165, 1.54) is 0 Å². The second kappa shape index (κ2) is 2.64. The number of ether oxygens (including phenoxy) is 1. The summed E-state index contributed by atoms with van der Waals surface area (Å²) >= 11 is 0. The lowest BCUT2D eigenvalue weighted by Gasteiger charge is -2.14. The molecule has 1 aromatic rings. The average Bonchev–Trinajstić information content (AvgIpc) is 2.57. The van der Waals surface area contributed by atoms with Crippen molar-refractivity contribution in [3.63, 3.8) is 0 Å². The predicted octanol–water partition coefficient (Wildman–Crippen LogP) is 2.24. The normalized spacial score (nSPS) is 26.9. The molecule has 1 heterocycles. The first-order valence-corrected chi connectivity index (χ1v) is 4.76. The molecule has 2 atom stereocenters. The maximum Gasteiger partial charge on any atom is 0.128 e. The van der Waals surface area contributed by atoms with Crippen LogP contribution in [-0.4, -0.2) is 6.10 Å². The summed E-state index contributed by atoms with van der Waals surface area (Å²) in [5, 5.41) is 0. The molecule has 0 amide bonds. The third kappa shape index (κ3) is 0.909. The fraction of sp³-hybridized carbons (Fsp3) is 0.167. The number of hydrogen-bond donors (Lipinski definition) is 1. The Morgan fingerprint density at radius 2 is 2.00 bits per heavy atom. The summed E-state index contributed by atoms with van der Waals surface area (Å²) in [6.45, 7) is 0. The van der Waals surface area contributed by atoms with Crippen LogP contribution >= 0.6 is 0 Å². The van der Waals surface area contributed by atoms with Crippen molar-refractivity contribution in [2.75, 3.05) is 5.73 Å². The molecule has 70 valence electrons. The lowest BCUT2D eigenvalue weighted by atomic mass is 9.91. The van der Waals surface area contributed by atoms with Gasteiger partial charge in [0, 0.05) is 17.2 Å². The summed E-state index contributed by atoms with van der Waals surface area (Å²) in [7, 11) is 0. The van der Waals surface area contributed by atoms with E-state index in [0.29, 0.717) is 5.92 Å². The number of benzene rings is 1. The second-order valence-electron chi connectivity index (χ2n) is 3.64. The molecular weight excluding hydrogens is 174 g/mol. The largest absolute Gasteiger partial charge is 0.485 e. The van der Waals surface area contributed by atoms with E-state index in [9.17, 15) is 0 Å². The van der Waals surface area contributed by atoms with E-state index in [0.717, 1.165) is 17.0 Å². The van der Waals surface area contributed by atoms with Crippen molar-refractivity contribution in [3.05, 3.63) is 48.1 Å². The number of nitrogen functional groups attached to an aromatic ring is 1. The molecular formula is C12H11NO. The second-order valence-corrected chi connectivity index (χ2v) is 3.64. The number of fused-ring (bicyclic) bond motifs is 3. The average molecular weight is 185 g/mol. The summed E-state index contributed by atoms with van der Waals surface area (Å²) in [5.41, 5.74) is 7.91. The maximum absolute atomic E-state index is 5.94. The number of allylic oxidation sites excluding steroid dienone is 2.